The normalized spacial score (nSPS) is 15.9. The Hall–Kier alpha value is -0.570. The summed E-state index contributed by atoms with van der Waals surface area (Å²) in [5.74, 6) is 0.293. The highest BCUT2D eigenvalue weighted by Gasteiger charge is 2.09. The summed E-state index contributed by atoms with van der Waals surface area (Å²) in [6, 6.07) is 0. The Balaban J connectivity index is 3.51. The van der Waals surface area contributed by atoms with Crippen molar-refractivity contribution in [2.75, 3.05) is 6.61 Å². The molecule has 0 aromatic carbocycles. The number of nitrogens with two attached hydrogens (primary N) is 1. The molecule has 11 heavy (non-hydrogen) atoms. The number of primary amides is 1. The van der Waals surface area contributed by atoms with Crippen molar-refractivity contribution >= 4 is 5.91 Å². The molecule has 3 heteroatoms. The SMILES string of the molecule is CC(CO)CC(C)CC(N)=O. The fourth-order valence-corrected chi connectivity index (χ4v) is 1.19. The van der Waals surface area contributed by atoms with Gasteiger partial charge in [0.1, 0.15) is 0 Å². The summed E-state index contributed by atoms with van der Waals surface area (Å²) in [4.78, 5) is 10.4. The molecule has 0 bridgehead atoms. The van der Waals surface area contributed by atoms with Gasteiger partial charge in [-0.3, -0.25) is 4.79 Å². The molecule has 0 heterocycles. The van der Waals surface area contributed by atoms with E-state index in [-0.39, 0.29) is 24.3 Å². The lowest BCUT2D eigenvalue weighted by atomic mass is 9.95. The van der Waals surface area contributed by atoms with Gasteiger partial charge in [-0.15, -0.1) is 0 Å². The first kappa shape index (κ1) is 10.4. The van der Waals surface area contributed by atoms with Gasteiger partial charge >= 0.3 is 0 Å². The lowest BCUT2D eigenvalue weighted by Gasteiger charge is -2.12. The standard InChI is InChI=1S/C8H17NO2/c1-6(4-8(9)11)3-7(2)5-10/h6-7,10H,3-5H2,1-2H3,(H2,9,11). The van der Waals surface area contributed by atoms with Gasteiger partial charge in [0.15, 0.2) is 0 Å². The fourth-order valence-electron chi connectivity index (χ4n) is 1.19. The van der Waals surface area contributed by atoms with E-state index in [4.69, 9.17) is 10.8 Å². The van der Waals surface area contributed by atoms with Gasteiger partial charge < -0.3 is 10.8 Å². The average molecular weight is 159 g/mol. The maximum absolute atomic E-state index is 10.4. The summed E-state index contributed by atoms with van der Waals surface area (Å²) in [5, 5.41) is 8.70. The fraction of sp³-hybridized carbons (Fsp3) is 0.875. The summed E-state index contributed by atoms with van der Waals surface area (Å²) < 4.78 is 0. The van der Waals surface area contributed by atoms with Crippen LogP contribution < -0.4 is 5.73 Å². The second-order valence-corrected chi connectivity index (χ2v) is 3.30. The molecule has 0 saturated carbocycles. The number of aliphatic hydroxyl groups excluding tert-OH is 1. The highest BCUT2D eigenvalue weighted by atomic mass is 16.3. The number of carbonyl (C=O) groups is 1. The molecule has 0 radical (unpaired) electrons. The van der Waals surface area contributed by atoms with E-state index >= 15 is 0 Å². The first-order valence-corrected chi connectivity index (χ1v) is 3.95. The van der Waals surface area contributed by atoms with Crippen molar-refractivity contribution in [3.8, 4) is 0 Å². The van der Waals surface area contributed by atoms with Gasteiger partial charge in [0, 0.05) is 13.0 Å². The minimum Gasteiger partial charge on any atom is -0.396 e. The number of rotatable bonds is 5. The van der Waals surface area contributed by atoms with E-state index in [2.05, 4.69) is 0 Å². The van der Waals surface area contributed by atoms with Crippen molar-refractivity contribution in [1.29, 1.82) is 0 Å². The molecule has 3 nitrogen and oxygen atoms in total. The molecule has 2 atom stereocenters. The van der Waals surface area contributed by atoms with E-state index in [0.29, 0.717) is 6.42 Å². The first-order valence-electron chi connectivity index (χ1n) is 3.95. The molecule has 0 fully saturated rings. The molecule has 0 spiro atoms. The molecule has 0 aliphatic heterocycles. The summed E-state index contributed by atoms with van der Waals surface area (Å²) in [6.45, 7) is 4.11. The van der Waals surface area contributed by atoms with Crippen molar-refractivity contribution in [2.45, 2.75) is 26.7 Å². The van der Waals surface area contributed by atoms with E-state index in [0.717, 1.165) is 6.42 Å². The lowest BCUT2D eigenvalue weighted by molar-refractivity contribution is -0.118. The molecule has 0 aromatic rings. The smallest absolute Gasteiger partial charge is 0.217 e. The minimum absolute atomic E-state index is 0.184. The lowest BCUT2D eigenvalue weighted by Crippen LogP contribution is -2.17. The van der Waals surface area contributed by atoms with E-state index in [1.807, 2.05) is 13.8 Å². The number of hydrogen-bond acceptors (Lipinski definition) is 2. The first-order chi connectivity index (χ1) is 5.06. The van der Waals surface area contributed by atoms with Crippen molar-refractivity contribution < 1.29 is 9.90 Å². The molecule has 1 amide bonds. The monoisotopic (exact) mass is 159 g/mol. The van der Waals surface area contributed by atoms with Crippen LogP contribution in [0.25, 0.3) is 0 Å². The van der Waals surface area contributed by atoms with Crippen molar-refractivity contribution in [2.24, 2.45) is 17.6 Å². The van der Waals surface area contributed by atoms with Gasteiger partial charge in [0.05, 0.1) is 0 Å². The zero-order valence-corrected chi connectivity index (χ0v) is 7.21. The molecular weight excluding hydrogens is 142 g/mol. The summed E-state index contributed by atoms with van der Waals surface area (Å²) >= 11 is 0. The zero-order valence-electron chi connectivity index (χ0n) is 7.21. The van der Waals surface area contributed by atoms with Gasteiger partial charge in [0.2, 0.25) is 5.91 Å². The van der Waals surface area contributed by atoms with Crippen LogP contribution >= 0.6 is 0 Å². The topological polar surface area (TPSA) is 63.3 Å². The Morgan fingerprint density at radius 1 is 1.45 bits per heavy atom. The zero-order chi connectivity index (χ0) is 8.85. The van der Waals surface area contributed by atoms with Crippen LogP contribution in [0, 0.1) is 11.8 Å². The van der Waals surface area contributed by atoms with Crippen LogP contribution in [0.5, 0.6) is 0 Å². The van der Waals surface area contributed by atoms with Crippen LogP contribution in [-0.4, -0.2) is 17.6 Å². The number of amides is 1. The molecule has 2 unspecified atom stereocenters. The van der Waals surface area contributed by atoms with Crippen LogP contribution in [0.2, 0.25) is 0 Å². The Labute approximate surface area is 67.6 Å². The third-order valence-electron chi connectivity index (χ3n) is 1.67. The summed E-state index contributed by atoms with van der Waals surface area (Å²) in [6.07, 6.45) is 1.28. The maximum Gasteiger partial charge on any atom is 0.217 e. The van der Waals surface area contributed by atoms with Gasteiger partial charge in [-0.05, 0) is 18.3 Å². The van der Waals surface area contributed by atoms with Crippen LogP contribution in [-0.2, 0) is 4.79 Å². The average Bonchev–Trinajstić information content (AvgIpc) is 1.85. The molecule has 0 aromatic heterocycles. The highest BCUT2D eigenvalue weighted by molar-refractivity contribution is 5.73. The molecular formula is C8H17NO2. The van der Waals surface area contributed by atoms with Crippen molar-refractivity contribution in [1.82, 2.24) is 0 Å². The summed E-state index contributed by atoms with van der Waals surface area (Å²) in [5.41, 5.74) is 5.01. The van der Waals surface area contributed by atoms with Crippen molar-refractivity contribution in [3.05, 3.63) is 0 Å². The van der Waals surface area contributed by atoms with Gasteiger partial charge in [-0.2, -0.15) is 0 Å². The van der Waals surface area contributed by atoms with E-state index in [1.54, 1.807) is 0 Å². The van der Waals surface area contributed by atoms with Gasteiger partial charge in [-0.25, -0.2) is 0 Å². The summed E-state index contributed by atoms with van der Waals surface area (Å²) in [7, 11) is 0. The van der Waals surface area contributed by atoms with Crippen LogP contribution in [0.3, 0.4) is 0 Å². The minimum atomic E-state index is -0.261. The Morgan fingerprint density at radius 2 is 2.00 bits per heavy atom. The van der Waals surface area contributed by atoms with E-state index in [9.17, 15) is 4.79 Å². The number of aliphatic hydroxyl groups is 1. The number of hydrogen-bond donors (Lipinski definition) is 2. The second-order valence-electron chi connectivity index (χ2n) is 3.30. The van der Waals surface area contributed by atoms with Crippen LogP contribution in [0.1, 0.15) is 26.7 Å². The van der Waals surface area contributed by atoms with E-state index < -0.39 is 0 Å². The largest absolute Gasteiger partial charge is 0.396 e. The molecule has 0 saturated heterocycles. The number of carbonyl (C=O) groups excluding carboxylic acids is 1. The predicted octanol–water partition coefficient (Wildman–Crippen LogP) is 0.516. The quantitative estimate of drug-likeness (QED) is 0.614. The Kier molecular flexibility index (Phi) is 4.86. The molecule has 3 N–H and O–H groups in total. The van der Waals surface area contributed by atoms with E-state index in [1.165, 1.54) is 0 Å². The Bertz CT molecular complexity index is 125. The molecule has 0 aliphatic rings. The third-order valence-corrected chi connectivity index (χ3v) is 1.67. The molecule has 0 rings (SSSR count). The molecule has 66 valence electrons. The predicted molar refractivity (Wildman–Crippen MR) is 43.8 cm³/mol. The van der Waals surface area contributed by atoms with Crippen LogP contribution in [0.15, 0.2) is 0 Å². The van der Waals surface area contributed by atoms with Crippen LogP contribution in [0.4, 0.5) is 0 Å². The van der Waals surface area contributed by atoms with Crippen molar-refractivity contribution in [3.63, 3.8) is 0 Å². The highest BCUT2D eigenvalue weighted by Crippen LogP contribution is 2.13. The Morgan fingerprint density at radius 3 is 2.36 bits per heavy atom. The maximum atomic E-state index is 10.4. The third kappa shape index (κ3) is 5.85. The molecule has 0 aliphatic carbocycles. The second kappa shape index (κ2) is 5.13. The van der Waals surface area contributed by atoms with Gasteiger partial charge in [-0.1, -0.05) is 13.8 Å². The van der Waals surface area contributed by atoms with Gasteiger partial charge in [0.25, 0.3) is 0 Å².